The molecule has 2 rings (SSSR count). The molecule has 0 saturated heterocycles. The summed E-state index contributed by atoms with van der Waals surface area (Å²) in [6.07, 6.45) is 0.0955. The normalized spacial score (nSPS) is 11.8. The number of carbonyl (C=O) groups excluding carboxylic acids is 2. The molecule has 5 nitrogen and oxygen atoms in total. The predicted octanol–water partition coefficient (Wildman–Crippen LogP) is 3.57. The molecule has 6 heteroatoms. The van der Waals surface area contributed by atoms with Gasteiger partial charge in [0.2, 0.25) is 11.8 Å². The zero-order valence-electron chi connectivity index (χ0n) is 17.4. The average Bonchev–Trinajstić information content (AvgIpc) is 2.71. The van der Waals surface area contributed by atoms with E-state index in [1.54, 1.807) is 31.1 Å². The van der Waals surface area contributed by atoms with Crippen molar-refractivity contribution >= 4 is 11.8 Å². The smallest absolute Gasteiger partial charge is 0.242 e. The second-order valence-electron chi connectivity index (χ2n) is 7.49. The van der Waals surface area contributed by atoms with E-state index in [2.05, 4.69) is 5.32 Å². The zero-order valence-corrected chi connectivity index (χ0v) is 17.4. The first-order valence-corrected chi connectivity index (χ1v) is 9.74. The monoisotopic (exact) mass is 400 g/mol. The van der Waals surface area contributed by atoms with E-state index in [-0.39, 0.29) is 24.1 Å². The van der Waals surface area contributed by atoms with E-state index in [4.69, 9.17) is 4.74 Å². The molecule has 0 bridgehead atoms. The maximum Gasteiger partial charge on any atom is 0.242 e. The predicted molar refractivity (Wildman–Crippen MR) is 111 cm³/mol. The number of benzene rings is 2. The van der Waals surface area contributed by atoms with Gasteiger partial charge in [-0.3, -0.25) is 9.59 Å². The molecule has 1 atom stereocenters. The van der Waals surface area contributed by atoms with E-state index in [1.807, 2.05) is 38.1 Å². The quantitative estimate of drug-likeness (QED) is 0.700. The van der Waals surface area contributed by atoms with Gasteiger partial charge in [-0.2, -0.15) is 0 Å². The molecule has 2 aromatic rings. The van der Waals surface area contributed by atoms with Crippen LogP contribution in [-0.4, -0.2) is 36.4 Å². The molecule has 0 aliphatic heterocycles. The van der Waals surface area contributed by atoms with Crippen molar-refractivity contribution in [2.45, 2.75) is 39.8 Å². The Labute approximate surface area is 171 Å². The van der Waals surface area contributed by atoms with Crippen LogP contribution in [0.3, 0.4) is 0 Å². The molecule has 0 radical (unpaired) electrons. The van der Waals surface area contributed by atoms with Crippen LogP contribution in [0.2, 0.25) is 0 Å². The number of carbonyl (C=O) groups is 2. The Kier molecular flexibility index (Phi) is 8.19. The van der Waals surface area contributed by atoms with Gasteiger partial charge in [-0.15, -0.1) is 0 Å². The van der Waals surface area contributed by atoms with Crippen LogP contribution in [-0.2, 0) is 22.6 Å². The number of halogens is 1. The molecule has 0 unspecified atom stereocenters. The average molecular weight is 400 g/mol. The molecule has 0 aliphatic rings. The third-order valence-corrected chi connectivity index (χ3v) is 4.63. The lowest BCUT2D eigenvalue weighted by Crippen LogP contribution is -2.48. The number of methoxy groups -OCH3 is 1. The maximum absolute atomic E-state index is 13.2. The van der Waals surface area contributed by atoms with E-state index >= 15 is 0 Å². The van der Waals surface area contributed by atoms with Gasteiger partial charge in [0.1, 0.15) is 17.6 Å². The molecule has 0 heterocycles. The molecule has 0 saturated carbocycles. The summed E-state index contributed by atoms with van der Waals surface area (Å²) in [5.74, 6) is 0.300. The number of amides is 2. The largest absolute Gasteiger partial charge is 0.497 e. The summed E-state index contributed by atoms with van der Waals surface area (Å²) in [5, 5.41) is 2.89. The summed E-state index contributed by atoms with van der Waals surface area (Å²) < 4.78 is 18.3. The number of rotatable bonds is 9. The van der Waals surface area contributed by atoms with Crippen molar-refractivity contribution < 1.29 is 18.7 Å². The van der Waals surface area contributed by atoms with Crippen molar-refractivity contribution in [3.63, 3.8) is 0 Å². The fourth-order valence-corrected chi connectivity index (χ4v) is 2.84. The Morgan fingerprint density at radius 2 is 1.59 bits per heavy atom. The van der Waals surface area contributed by atoms with E-state index < -0.39 is 6.04 Å². The summed E-state index contributed by atoms with van der Waals surface area (Å²) in [7, 11) is 1.59. The van der Waals surface area contributed by atoms with Crippen LogP contribution >= 0.6 is 0 Å². The minimum absolute atomic E-state index is 0.0955. The SMILES string of the molecule is COc1ccc(CN(C(=O)Cc2ccc(F)cc2)[C@@H](C)C(=O)NCC(C)C)cc1. The van der Waals surface area contributed by atoms with Crippen LogP contribution in [0.4, 0.5) is 4.39 Å². The highest BCUT2D eigenvalue weighted by Gasteiger charge is 2.26. The lowest BCUT2D eigenvalue weighted by molar-refractivity contribution is -0.140. The van der Waals surface area contributed by atoms with Gasteiger partial charge in [0.05, 0.1) is 13.5 Å². The number of hydrogen-bond donors (Lipinski definition) is 1. The lowest BCUT2D eigenvalue weighted by atomic mass is 10.1. The van der Waals surface area contributed by atoms with Gasteiger partial charge in [0, 0.05) is 13.1 Å². The van der Waals surface area contributed by atoms with Gasteiger partial charge in [0.25, 0.3) is 0 Å². The fraction of sp³-hybridized carbons (Fsp3) is 0.391. The third kappa shape index (κ3) is 6.89. The summed E-state index contributed by atoms with van der Waals surface area (Å²) in [6.45, 7) is 6.59. The minimum atomic E-state index is -0.635. The highest BCUT2D eigenvalue weighted by atomic mass is 19.1. The third-order valence-electron chi connectivity index (χ3n) is 4.63. The van der Waals surface area contributed by atoms with E-state index in [1.165, 1.54) is 12.1 Å². The molecule has 0 aliphatic carbocycles. The van der Waals surface area contributed by atoms with Crippen molar-refractivity contribution in [1.29, 1.82) is 0 Å². The van der Waals surface area contributed by atoms with Crippen molar-refractivity contribution in [2.75, 3.05) is 13.7 Å². The van der Waals surface area contributed by atoms with Crippen LogP contribution in [0.25, 0.3) is 0 Å². The first-order chi connectivity index (χ1) is 13.8. The molecule has 2 amide bonds. The molecule has 2 aromatic carbocycles. The highest BCUT2D eigenvalue weighted by molar-refractivity contribution is 5.88. The second kappa shape index (κ2) is 10.6. The highest BCUT2D eigenvalue weighted by Crippen LogP contribution is 2.16. The Hall–Kier alpha value is -2.89. The fourth-order valence-electron chi connectivity index (χ4n) is 2.84. The van der Waals surface area contributed by atoms with Crippen LogP contribution in [0.1, 0.15) is 31.9 Å². The van der Waals surface area contributed by atoms with Crippen LogP contribution in [0.15, 0.2) is 48.5 Å². The zero-order chi connectivity index (χ0) is 21.4. The number of ether oxygens (including phenoxy) is 1. The Morgan fingerprint density at radius 1 is 1.00 bits per heavy atom. The Morgan fingerprint density at radius 3 is 2.14 bits per heavy atom. The minimum Gasteiger partial charge on any atom is -0.497 e. The van der Waals surface area contributed by atoms with Crippen LogP contribution in [0, 0.1) is 11.7 Å². The van der Waals surface area contributed by atoms with Crippen molar-refractivity contribution in [3.8, 4) is 5.75 Å². The van der Waals surface area contributed by atoms with Gasteiger partial charge in [-0.1, -0.05) is 38.1 Å². The van der Waals surface area contributed by atoms with Gasteiger partial charge < -0.3 is 15.0 Å². The standard InChI is InChI=1S/C23H29FN2O3/c1-16(2)14-25-23(28)17(3)26(15-19-7-11-21(29-4)12-8-19)22(27)13-18-5-9-20(24)10-6-18/h5-12,16-17H,13-15H2,1-4H3,(H,25,28)/t17-/m0/s1. The summed E-state index contributed by atoms with van der Waals surface area (Å²) in [5.41, 5.74) is 1.59. The summed E-state index contributed by atoms with van der Waals surface area (Å²) in [4.78, 5) is 27.2. The topological polar surface area (TPSA) is 58.6 Å². The van der Waals surface area contributed by atoms with Crippen molar-refractivity contribution in [2.24, 2.45) is 5.92 Å². The molecule has 156 valence electrons. The molecule has 0 aromatic heterocycles. The summed E-state index contributed by atoms with van der Waals surface area (Å²) in [6, 6.07) is 12.6. The van der Waals surface area contributed by atoms with Crippen molar-refractivity contribution in [3.05, 3.63) is 65.5 Å². The van der Waals surface area contributed by atoms with Gasteiger partial charge >= 0.3 is 0 Å². The molecule has 0 spiro atoms. The first-order valence-electron chi connectivity index (χ1n) is 9.74. The van der Waals surface area contributed by atoms with Crippen LogP contribution < -0.4 is 10.1 Å². The molecule has 29 heavy (non-hydrogen) atoms. The number of nitrogens with one attached hydrogen (secondary N) is 1. The van der Waals surface area contributed by atoms with Gasteiger partial charge in [-0.25, -0.2) is 4.39 Å². The Balaban J connectivity index is 2.18. The molecular formula is C23H29FN2O3. The maximum atomic E-state index is 13.2. The van der Waals surface area contributed by atoms with Crippen LogP contribution in [0.5, 0.6) is 5.75 Å². The van der Waals surface area contributed by atoms with Gasteiger partial charge in [-0.05, 0) is 48.2 Å². The number of hydrogen-bond acceptors (Lipinski definition) is 3. The summed E-state index contributed by atoms with van der Waals surface area (Å²) >= 11 is 0. The van der Waals surface area contributed by atoms with E-state index in [0.717, 1.165) is 11.3 Å². The van der Waals surface area contributed by atoms with Gasteiger partial charge in [0.15, 0.2) is 0 Å². The van der Waals surface area contributed by atoms with E-state index in [9.17, 15) is 14.0 Å². The first kappa shape index (κ1) is 22.4. The number of nitrogens with zero attached hydrogens (tertiary/aromatic N) is 1. The van der Waals surface area contributed by atoms with Crippen molar-refractivity contribution in [1.82, 2.24) is 10.2 Å². The van der Waals surface area contributed by atoms with E-state index in [0.29, 0.717) is 24.6 Å². The molecule has 1 N–H and O–H groups in total. The molecular weight excluding hydrogens is 371 g/mol. The molecule has 0 fully saturated rings. The second-order valence-corrected chi connectivity index (χ2v) is 7.49. The Bertz CT molecular complexity index is 804. The lowest BCUT2D eigenvalue weighted by Gasteiger charge is -2.29.